The third-order valence-corrected chi connectivity index (χ3v) is 3.81. The number of hydrogen-bond donors (Lipinski definition) is 2. The largest absolute Gasteiger partial charge is 0.352 e. The fourth-order valence-electron chi connectivity index (χ4n) is 2.53. The predicted molar refractivity (Wildman–Crippen MR) is 97.9 cm³/mol. The maximum absolute atomic E-state index is 12.2. The first kappa shape index (κ1) is 19.2. The van der Waals surface area contributed by atoms with E-state index in [2.05, 4.69) is 24.4 Å². The third-order valence-electron chi connectivity index (χ3n) is 3.81. The van der Waals surface area contributed by atoms with Gasteiger partial charge in [0.05, 0.1) is 6.04 Å². The van der Waals surface area contributed by atoms with Crippen molar-refractivity contribution in [3.8, 4) is 0 Å². The van der Waals surface area contributed by atoms with Crippen LogP contribution in [0.1, 0.15) is 23.6 Å². The highest BCUT2D eigenvalue weighted by atomic mass is 35.5. The number of hydrogen-bond acceptors (Lipinski definition) is 2. The first-order valence-corrected chi connectivity index (χ1v) is 7.70. The summed E-state index contributed by atoms with van der Waals surface area (Å²) in [5, 5.41) is 3.01. The van der Waals surface area contributed by atoms with Crippen molar-refractivity contribution in [2.75, 3.05) is 0 Å². The second kappa shape index (κ2) is 9.33. The van der Waals surface area contributed by atoms with Gasteiger partial charge >= 0.3 is 0 Å². The Balaban J connectivity index is 0.00000264. The number of amides is 1. The summed E-state index contributed by atoms with van der Waals surface area (Å²) in [4.78, 5) is 12.2. The molecule has 0 fully saturated rings. The summed E-state index contributed by atoms with van der Waals surface area (Å²) >= 11 is 0. The molecule has 2 aromatic carbocycles. The highest BCUT2D eigenvalue weighted by Crippen LogP contribution is 2.10. The summed E-state index contributed by atoms with van der Waals surface area (Å²) in [6.45, 7) is 4.10. The molecule has 1 amide bonds. The van der Waals surface area contributed by atoms with Gasteiger partial charge in [-0.25, -0.2) is 0 Å². The molecule has 0 aliphatic heterocycles. The Kier molecular flexibility index (Phi) is 7.79. The van der Waals surface area contributed by atoms with Crippen molar-refractivity contribution in [1.82, 2.24) is 5.32 Å². The molecule has 2 aromatic rings. The maximum Gasteiger partial charge on any atom is 0.237 e. The normalized spacial score (nSPS) is 12.8. The van der Waals surface area contributed by atoms with Crippen LogP contribution in [0.15, 0.2) is 54.6 Å². The topological polar surface area (TPSA) is 55.1 Å². The fourth-order valence-corrected chi connectivity index (χ4v) is 2.53. The zero-order valence-electron chi connectivity index (χ0n) is 13.7. The second-order valence-electron chi connectivity index (χ2n) is 5.84. The van der Waals surface area contributed by atoms with Crippen molar-refractivity contribution in [2.24, 2.45) is 5.73 Å². The molecule has 0 aliphatic rings. The van der Waals surface area contributed by atoms with E-state index in [4.69, 9.17) is 5.73 Å². The molecular formula is C19H25ClN2O. The number of aryl methyl sites for hydroxylation is 1. The van der Waals surface area contributed by atoms with E-state index in [1.165, 1.54) is 11.1 Å². The maximum atomic E-state index is 12.2. The number of carbonyl (C=O) groups excluding carboxylic acids is 1. The Morgan fingerprint density at radius 1 is 1.04 bits per heavy atom. The Labute approximate surface area is 144 Å². The van der Waals surface area contributed by atoms with Gasteiger partial charge in [0.25, 0.3) is 0 Å². The molecule has 124 valence electrons. The highest BCUT2D eigenvalue weighted by Gasteiger charge is 2.16. The van der Waals surface area contributed by atoms with Gasteiger partial charge in [-0.15, -0.1) is 12.4 Å². The van der Waals surface area contributed by atoms with E-state index in [-0.39, 0.29) is 24.4 Å². The number of rotatable bonds is 6. The van der Waals surface area contributed by atoms with Gasteiger partial charge in [0.15, 0.2) is 0 Å². The van der Waals surface area contributed by atoms with Gasteiger partial charge in [-0.3, -0.25) is 4.79 Å². The van der Waals surface area contributed by atoms with Crippen molar-refractivity contribution in [3.05, 3.63) is 71.3 Å². The van der Waals surface area contributed by atoms with Crippen LogP contribution in [0.2, 0.25) is 0 Å². The zero-order chi connectivity index (χ0) is 15.9. The van der Waals surface area contributed by atoms with Crippen LogP contribution in [0.3, 0.4) is 0 Å². The number of nitrogens with one attached hydrogen (secondary N) is 1. The smallest absolute Gasteiger partial charge is 0.237 e. The zero-order valence-corrected chi connectivity index (χ0v) is 14.5. The second-order valence-corrected chi connectivity index (χ2v) is 5.84. The lowest BCUT2D eigenvalue weighted by Gasteiger charge is -2.18. The van der Waals surface area contributed by atoms with Crippen LogP contribution in [0.25, 0.3) is 0 Å². The number of carbonyl (C=O) groups is 1. The minimum Gasteiger partial charge on any atom is -0.352 e. The number of benzene rings is 2. The van der Waals surface area contributed by atoms with E-state index >= 15 is 0 Å². The van der Waals surface area contributed by atoms with Crippen LogP contribution in [0.5, 0.6) is 0 Å². The highest BCUT2D eigenvalue weighted by molar-refractivity contribution is 5.85. The van der Waals surface area contributed by atoms with Gasteiger partial charge in [0, 0.05) is 6.04 Å². The monoisotopic (exact) mass is 332 g/mol. The van der Waals surface area contributed by atoms with Crippen molar-refractivity contribution in [2.45, 2.75) is 38.8 Å². The first-order valence-electron chi connectivity index (χ1n) is 7.70. The molecule has 4 heteroatoms. The van der Waals surface area contributed by atoms with Crippen LogP contribution in [0.4, 0.5) is 0 Å². The lowest BCUT2D eigenvalue weighted by Crippen LogP contribution is -2.46. The van der Waals surface area contributed by atoms with Gasteiger partial charge in [-0.2, -0.15) is 0 Å². The Bertz CT molecular complexity index is 616. The molecule has 2 unspecified atom stereocenters. The average molecular weight is 333 g/mol. The minimum absolute atomic E-state index is 0. The molecule has 0 saturated heterocycles. The van der Waals surface area contributed by atoms with Crippen molar-refractivity contribution < 1.29 is 4.79 Å². The van der Waals surface area contributed by atoms with Crippen LogP contribution in [-0.2, 0) is 17.6 Å². The van der Waals surface area contributed by atoms with Gasteiger partial charge < -0.3 is 11.1 Å². The summed E-state index contributed by atoms with van der Waals surface area (Å²) in [7, 11) is 0. The minimum atomic E-state index is -0.512. The standard InChI is InChI=1S/C19H24N2O.ClH/c1-14-8-6-7-11-17(14)12-15(2)21-19(22)18(20)13-16-9-4-3-5-10-16;/h3-11,15,18H,12-13,20H2,1-2H3,(H,21,22);1H. The predicted octanol–water partition coefficient (Wildman–Crippen LogP) is 3.03. The van der Waals surface area contributed by atoms with E-state index in [0.717, 1.165) is 12.0 Å². The van der Waals surface area contributed by atoms with Crippen LogP contribution >= 0.6 is 12.4 Å². The molecule has 2 rings (SSSR count). The van der Waals surface area contributed by atoms with Crippen molar-refractivity contribution in [3.63, 3.8) is 0 Å². The van der Waals surface area contributed by atoms with Gasteiger partial charge in [0.1, 0.15) is 0 Å². The van der Waals surface area contributed by atoms with Gasteiger partial charge in [-0.1, -0.05) is 54.6 Å². The molecule has 3 nitrogen and oxygen atoms in total. The molecule has 23 heavy (non-hydrogen) atoms. The first-order chi connectivity index (χ1) is 10.6. The van der Waals surface area contributed by atoms with E-state index in [1.807, 2.05) is 49.4 Å². The molecule has 0 heterocycles. The molecule has 0 bridgehead atoms. The molecule has 0 aromatic heterocycles. The molecule has 0 aliphatic carbocycles. The average Bonchev–Trinajstić information content (AvgIpc) is 2.50. The summed E-state index contributed by atoms with van der Waals surface area (Å²) in [6.07, 6.45) is 1.38. The van der Waals surface area contributed by atoms with Crippen molar-refractivity contribution in [1.29, 1.82) is 0 Å². The Morgan fingerprint density at radius 2 is 1.65 bits per heavy atom. The van der Waals surface area contributed by atoms with Gasteiger partial charge in [0.2, 0.25) is 5.91 Å². The lowest BCUT2D eigenvalue weighted by atomic mass is 10.0. The molecule has 0 radical (unpaired) electrons. The van der Waals surface area contributed by atoms with E-state index in [0.29, 0.717) is 6.42 Å². The van der Waals surface area contributed by atoms with E-state index in [1.54, 1.807) is 0 Å². The number of halogens is 1. The number of nitrogens with two attached hydrogens (primary N) is 1. The molecule has 3 N–H and O–H groups in total. The fraction of sp³-hybridized carbons (Fsp3) is 0.316. The summed E-state index contributed by atoms with van der Waals surface area (Å²) in [6, 6.07) is 17.6. The van der Waals surface area contributed by atoms with Crippen molar-refractivity contribution >= 4 is 18.3 Å². The van der Waals surface area contributed by atoms with Gasteiger partial charge in [-0.05, 0) is 43.4 Å². The molecule has 0 saturated carbocycles. The Hall–Kier alpha value is -1.84. The summed E-state index contributed by atoms with van der Waals surface area (Å²) in [5.74, 6) is -0.0927. The summed E-state index contributed by atoms with van der Waals surface area (Å²) < 4.78 is 0. The van der Waals surface area contributed by atoms with Crippen LogP contribution < -0.4 is 11.1 Å². The van der Waals surface area contributed by atoms with E-state index in [9.17, 15) is 4.79 Å². The molecule has 0 spiro atoms. The third kappa shape index (κ3) is 6.05. The SMILES string of the molecule is Cc1ccccc1CC(C)NC(=O)C(N)Cc1ccccc1.Cl. The van der Waals surface area contributed by atoms with Crippen LogP contribution in [0, 0.1) is 6.92 Å². The van der Waals surface area contributed by atoms with Crippen LogP contribution in [-0.4, -0.2) is 18.0 Å². The quantitative estimate of drug-likeness (QED) is 0.854. The molecular weight excluding hydrogens is 308 g/mol. The summed E-state index contributed by atoms with van der Waals surface area (Å²) in [5.41, 5.74) is 9.59. The Morgan fingerprint density at radius 3 is 2.30 bits per heavy atom. The molecule has 2 atom stereocenters. The van der Waals surface area contributed by atoms with E-state index < -0.39 is 6.04 Å². The lowest BCUT2D eigenvalue weighted by molar-refractivity contribution is -0.122.